The van der Waals surface area contributed by atoms with E-state index in [1.807, 2.05) is 13.1 Å². The Morgan fingerprint density at radius 1 is 1.40 bits per heavy atom. The van der Waals surface area contributed by atoms with Crippen LogP contribution >= 0.6 is 0 Å². The molecule has 1 aromatic heterocycles. The van der Waals surface area contributed by atoms with Crippen molar-refractivity contribution in [3.05, 3.63) is 18.1 Å². The van der Waals surface area contributed by atoms with Crippen LogP contribution in [0.25, 0.3) is 0 Å². The molecule has 1 heterocycles. The Labute approximate surface area is 91.1 Å². The van der Waals surface area contributed by atoms with Crippen LogP contribution in [0.3, 0.4) is 0 Å². The van der Waals surface area contributed by atoms with Crippen molar-refractivity contribution in [2.75, 3.05) is 14.2 Å². The van der Waals surface area contributed by atoms with Crippen LogP contribution in [0.15, 0.2) is 12.4 Å². The summed E-state index contributed by atoms with van der Waals surface area (Å²) in [6.07, 6.45) is 2.59. The minimum atomic E-state index is 0.266. The third-order valence-corrected chi connectivity index (χ3v) is 2.28. The maximum absolute atomic E-state index is 5.08. The van der Waals surface area contributed by atoms with Gasteiger partial charge in [0, 0.05) is 12.1 Å². The van der Waals surface area contributed by atoms with Gasteiger partial charge in [0.15, 0.2) is 0 Å². The third-order valence-electron chi connectivity index (χ3n) is 2.28. The van der Waals surface area contributed by atoms with Crippen LogP contribution in [0.1, 0.15) is 32.0 Å². The first kappa shape index (κ1) is 11.9. The second kappa shape index (κ2) is 5.66. The van der Waals surface area contributed by atoms with Crippen LogP contribution in [-0.2, 0) is 0 Å². The highest BCUT2D eigenvalue weighted by Gasteiger charge is 2.13. The maximum Gasteiger partial charge on any atom is 0.216 e. The number of nitrogens with one attached hydrogen (secondary N) is 1. The van der Waals surface area contributed by atoms with Gasteiger partial charge in [0.25, 0.3) is 0 Å². The molecule has 0 saturated heterocycles. The fourth-order valence-corrected chi connectivity index (χ4v) is 1.51. The highest BCUT2D eigenvalue weighted by molar-refractivity contribution is 5.16. The first-order valence-electron chi connectivity index (χ1n) is 5.20. The van der Waals surface area contributed by atoms with Crippen molar-refractivity contribution in [1.82, 2.24) is 15.3 Å². The van der Waals surface area contributed by atoms with Gasteiger partial charge in [0.1, 0.15) is 6.33 Å². The van der Waals surface area contributed by atoms with E-state index in [-0.39, 0.29) is 6.04 Å². The number of aromatic nitrogens is 2. The molecular formula is C11H19N3O. The molecule has 1 aromatic rings. The normalized spacial score (nSPS) is 12.9. The van der Waals surface area contributed by atoms with Crippen molar-refractivity contribution in [2.45, 2.75) is 26.3 Å². The standard InChI is InChI=1S/C11H19N3O/c1-8(2)5-9(12-3)10-6-11(15-4)14-7-13-10/h6-9,12H,5H2,1-4H3. The molecule has 0 amide bonds. The molecule has 0 aliphatic heterocycles. The van der Waals surface area contributed by atoms with Crippen LogP contribution in [0.2, 0.25) is 0 Å². The summed E-state index contributed by atoms with van der Waals surface area (Å²) in [5, 5.41) is 3.26. The van der Waals surface area contributed by atoms with Crippen molar-refractivity contribution in [3.8, 4) is 5.88 Å². The number of rotatable bonds is 5. The number of methoxy groups -OCH3 is 1. The molecule has 0 aliphatic rings. The van der Waals surface area contributed by atoms with Crippen LogP contribution in [0.4, 0.5) is 0 Å². The van der Waals surface area contributed by atoms with Gasteiger partial charge in [-0.2, -0.15) is 0 Å². The molecule has 0 fully saturated rings. The highest BCUT2D eigenvalue weighted by Crippen LogP contribution is 2.20. The van der Waals surface area contributed by atoms with Crippen LogP contribution in [0.5, 0.6) is 5.88 Å². The Morgan fingerprint density at radius 2 is 2.13 bits per heavy atom. The summed E-state index contributed by atoms with van der Waals surface area (Å²) in [7, 11) is 3.56. The summed E-state index contributed by atoms with van der Waals surface area (Å²) in [5.74, 6) is 1.24. The Bertz CT molecular complexity index is 302. The number of ether oxygens (including phenoxy) is 1. The molecule has 1 N–H and O–H groups in total. The second-order valence-corrected chi connectivity index (χ2v) is 3.96. The van der Waals surface area contributed by atoms with Gasteiger partial charge in [-0.3, -0.25) is 0 Å². The summed E-state index contributed by atoms with van der Waals surface area (Å²) in [4.78, 5) is 8.25. The predicted molar refractivity (Wildman–Crippen MR) is 59.8 cm³/mol. The van der Waals surface area contributed by atoms with Gasteiger partial charge in [-0.05, 0) is 19.4 Å². The highest BCUT2D eigenvalue weighted by atomic mass is 16.5. The summed E-state index contributed by atoms with van der Waals surface area (Å²) in [6, 6.07) is 2.14. The first-order chi connectivity index (χ1) is 7.17. The van der Waals surface area contributed by atoms with E-state index in [0.717, 1.165) is 12.1 Å². The van der Waals surface area contributed by atoms with Crippen molar-refractivity contribution < 1.29 is 4.74 Å². The Hall–Kier alpha value is -1.16. The molecule has 1 atom stereocenters. The third kappa shape index (κ3) is 3.47. The molecule has 84 valence electrons. The van der Waals surface area contributed by atoms with Gasteiger partial charge in [0.2, 0.25) is 5.88 Å². The lowest BCUT2D eigenvalue weighted by Gasteiger charge is -2.17. The predicted octanol–water partition coefficient (Wildman–Crippen LogP) is 1.79. The smallest absolute Gasteiger partial charge is 0.216 e. The van der Waals surface area contributed by atoms with Crippen molar-refractivity contribution in [1.29, 1.82) is 0 Å². The van der Waals surface area contributed by atoms with Gasteiger partial charge in [-0.15, -0.1) is 0 Å². The average molecular weight is 209 g/mol. The quantitative estimate of drug-likeness (QED) is 0.803. The zero-order chi connectivity index (χ0) is 11.3. The monoisotopic (exact) mass is 209 g/mol. The molecule has 15 heavy (non-hydrogen) atoms. The van der Waals surface area contributed by atoms with E-state index in [1.165, 1.54) is 0 Å². The molecule has 0 bridgehead atoms. The summed E-state index contributed by atoms with van der Waals surface area (Å²) in [6.45, 7) is 4.39. The molecule has 0 radical (unpaired) electrons. The number of nitrogens with zero attached hydrogens (tertiary/aromatic N) is 2. The zero-order valence-electron chi connectivity index (χ0n) is 9.82. The minimum absolute atomic E-state index is 0.266. The largest absolute Gasteiger partial charge is 0.481 e. The topological polar surface area (TPSA) is 47.0 Å². The molecule has 0 aliphatic carbocycles. The fraction of sp³-hybridized carbons (Fsp3) is 0.636. The van der Waals surface area contributed by atoms with Crippen LogP contribution < -0.4 is 10.1 Å². The van der Waals surface area contributed by atoms with Gasteiger partial charge >= 0.3 is 0 Å². The van der Waals surface area contributed by atoms with Crippen LogP contribution in [-0.4, -0.2) is 24.1 Å². The van der Waals surface area contributed by atoms with E-state index in [1.54, 1.807) is 13.4 Å². The second-order valence-electron chi connectivity index (χ2n) is 3.96. The summed E-state index contributed by atoms with van der Waals surface area (Å²) in [5.41, 5.74) is 0.984. The molecule has 0 aromatic carbocycles. The molecule has 0 saturated carbocycles. The number of hydrogen-bond acceptors (Lipinski definition) is 4. The Kier molecular flexibility index (Phi) is 4.49. The van der Waals surface area contributed by atoms with Gasteiger partial charge in [-0.25, -0.2) is 9.97 Å². The zero-order valence-corrected chi connectivity index (χ0v) is 9.82. The Morgan fingerprint density at radius 3 is 2.67 bits per heavy atom. The van der Waals surface area contributed by atoms with E-state index in [2.05, 4.69) is 29.1 Å². The van der Waals surface area contributed by atoms with Crippen molar-refractivity contribution in [3.63, 3.8) is 0 Å². The lowest BCUT2D eigenvalue weighted by atomic mass is 10.0. The molecular weight excluding hydrogens is 190 g/mol. The van der Waals surface area contributed by atoms with E-state index in [9.17, 15) is 0 Å². The molecule has 4 heteroatoms. The Balaban J connectivity index is 2.81. The van der Waals surface area contributed by atoms with Crippen molar-refractivity contribution in [2.24, 2.45) is 5.92 Å². The SMILES string of the molecule is CNC(CC(C)C)c1cc(OC)ncn1. The average Bonchev–Trinajstić information content (AvgIpc) is 2.25. The number of hydrogen-bond donors (Lipinski definition) is 1. The van der Waals surface area contributed by atoms with E-state index >= 15 is 0 Å². The molecule has 1 unspecified atom stereocenters. The van der Waals surface area contributed by atoms with Gasteiger partial charge in [-0.1, -0.05) is 13.8 Å². The van der Waals surface area contributed by atoms with Crippen LogP contribution in [0, 0.1) is 5.92 Å². The van der Waals surface area contributed by atoms with Gasteiger partial charge in [0.05, 0.1) is 12.8 Å². The molecule has 1 rings (SSSR count). The lowest BCUT2D eigenvalue weighted by Crippen LogP contribution is -2.19. The maximum atomic E-state index is 5.08. The first-order valence-corrected chi connectivity index (χ1v) is 5.20. The van der Waals surface area contributed by atoms with Gasteiger partial charge < -0.3 is 10.1 Å². The molecule has 4 nitrogen and oxygen atoms in total. The lowest BCUT2D eigenvalue weighted by molar-refractivity contribution is 0.391. The van der Waals surface area contributed by atoms with Crippen molar-refractivity contribution >= 4 is 0 Å². The van der Waals surface area contributed by atoms with E-state index in [0.29, 0.717) is 11.8 Å². The summed E-state index contributed by atoms with van der Waals surface area (Å²) >= 11 is 0. The fourth-order valence-electron chi connectivity index (χ4n) is 1.51. The van der Waals surface area contributed by atoms with E-state index in [4.69, 9.17) is 4.74 Å². The molecule has 0 spiro atoms. The minimum Gasteiger partial charge on any atom is -0.481 e. The summed E-state index contributed by atoms with van der Waals surface area (Å²) < 4.78 is 5.08. The van der Waals surface area contributed by atoms with E-state index < -0.39 is 0 Å².